The summed E-state index contributed by atoms with van der Waals surface area (Å²) < 4.78 is 0. The maximum atomic E-state index is 2.39. The molecule has 0 aromatic carbocycles. The predicted molar refractivity (Wildman–Crippen MR) is 51.9 cm³/mol. The predicted octanol–water partition coefficient (Wildman–Crippen LogP) is 2.90. The van der Waals surface area contributed by atoms with Gasteiger partial charge in [-0.15, -0.1) is 0 Å². The molecule has 0 radical (unpaired) electrons. The minimum atomic E-state index is -0.213. The van der Waals surface area contributed by atoms with Crippen molar-refractivity contribution >= 4 is 8.40 Å². The van der Waals surface area contributed by atoms with Crippen molar-refractivity contribution in [1.29, 1.82) is 0 Å². The Bertz CT molecular complexity index is 181. The molecule has 0 spiro atoms. The van der Waals surface area contributed by atoms with Crippen molar-refractivity contribution in [2.45, 2.75) is 32.2 Å². The first-order valence-electron chi connectivity index (χ1n) is 4.47. The Morgan fingerprint density at radius 1 is 1.00 bits per heavy atom. The lowest BCUT2D eigenvalue weighted by molar-refractivity contribution is 0.748. The fourth-order valence-electron chi connectivity index (χ4n) is 1.22. The molecule has 0 unspecified atom stereocenters. The normalized spacial score (nSPS) is 9.91. The van der Waals surface area contributed by atoms with Crippen molar-refractivity contribution in [2.75, 3.05) is 0 Å². The van der Waals surface area contributed by atoms with E-state index in [2.05, 4.69) is 36.5 Å². The number of hydrogen-bond donors (Lipinski definition) is 0. The topological polar surface area (TPSA) is 0 Å². The molecule has 1 heteroatoms. The molecule has 0 fully saturated rings. The monoisotopic (exact) mass is 164 g/mol. The van der Waals surface area contributed by atoms with Gasteiger partial charge < -0.3 is 0 Å². The maximum Gasteiger partial charge on any atom is 0.0369 e. The highest BCUT2D eigenvalue weighted by Gasteiger charge is 1.90. The Morgan fingerprint density at radius 2 is 1.73 bits per heavy atom. The quantitative estimate of drug-likeness (QED) is 0.474. The zero-order chi connectivity index (χ0) is 7.94. The molecule has 1 heterocycles. The summed E-state index contributed by atoms with van der Waals surface area (Å²) in [7, 11) is -0.213. The van der Waals surface area contributed by atoms with Crippen molar-refractivity contribution in [3.63, 3.8) is 0 Å². The van der Waals surface area contributed by atoms with Gasteiger partial charge in [-0.25, -0.2) is 0 Å². The fraction of sp³-hybridized carbons (Fsp3) is 0.500. The summed E-state index contributed by atoms with van der Waals surface area (Å²) in [5, 5.41) is 0. The molecule has 0 aliphatic rings. The molecule has 0 bridgehead atoms. The van der Waals surface area contributed by atoms with E-state index in [1.165, 1.54) is 25.3 Å². The lowest BCUT2D eigenvalue weighted by Crippen LogP contribution is -1.97. The SMILES string of the molecule is CCCCC[si]1ccccc1. The standard InChI is InChI=1S/C10H16Si/c1-2-3-5-8-11-9-6-4-7-10-11/h4,6-7,9-10H,2-3,5,8H2,1H3. The minimum Gasteiger partial charge on any atom is -0.0778 e. The van der Waals surface area contributed by atoms with Gasteiger partial charge in [0.1, 0.15) is 0 Å². The Hall–Kier alpha value is -0.433. The van der Waals surface area contributed by atoms with E-state index in [9.17, 15) is 0 Å². The summed E-state index contributed by atoms with van der Waals surface area (Å²) in [6.07, 6.45) is 4.16. The third-order valence-corrected chi connectivity index (χ3v) is 4.08. The van der Waals surface area contributed by atoms with E-state index in [-0.39, 0.29) is 8.40 Å². The summed E-state index contributed by atoms with van der Waals surface area (Å²) in [6.45, 7) is 2.26. The van der Waals surface area contributed by atoms with Gasteiger partial charge in [0.05, 0.1) is 0 Å². The molecule has 1 rings (SSSR count). The van der Waals surface area contributed by atoms with Crippen LogP contribution in [0, 0.1) is 0 Å². The van der Waals surface area contributed by atoms with E-state index in [1.54, 1.807) is 0 Å². The molecular weight excluding hydrogens is 148 g/mol. The first kappa shape index (κ1) is 8.66. The first-order chi connectivity index (χ1) is 5.43. The third kappa shape index (κ3) is 3.47. The van der Waals surface area contributed by atoms with Gasteiger partial charge in [-0.2, -0.15) is 0 Å². The van der Waals surface area contributed by atoms with Gasteiger partial charge in [0, 0.05) is 8.40 Å². The van der Waals surface area contributed by atoms with E-state index in [0.717, 1.165) is 0 Å². The Labute approximate surface area is 70.8 Å². The zero-order valence-corrected chi connectivity index (χ0v) is 8.22. The van der Waals surface area contributed by atoms with Crippen LogP contribution in [0.25, 0.3) is 0 Å². The highest BCUT2D eigenvalue weighted by atomic mass is 28.2. The minimum absolute atomic E-state index is 0.213. The van der Waals surface area contributed by atoms with Gasteiger partial charge in [0.25, 0.3) is 0 Å². The molecule has 0 atom stereocenters. The highest BCUT2D eigenvalue weighted by molar-refractivity contribution is 6.49. The van der Waals surface area contributed by atoms with Crippen LogP contribution < -0.4 is 0 Å². The van der Waals surface area contributed by atoms with Crippen LogP contribution in [-0.4, -0.2) is 8.40 Å². The molecule has 0 N–H and O–H groups in total. The van der Waals surface area contributed by atoms with Gasteiger partial charge in [-0.05, 0) is 6.04 Å². The molecule has 0 amide bonds. The van der Waals surface area contributed by atoms with Gasteiger partial charge in [-0.1, -0.05) is 55.7 Å². The van der Waals surface area contributed by atoms with Crippen LogP contribution in [0.2, 0.25) is 0 Å². The van der Waals surface area contributed by atoms with E-state index >= 15 is 0 Å². The van der Waals surface area contributed by atoms with Crippen LogP contribution in [-0.2, 0) is 6.04 Å². The van der Waals surface area contributed by atoms with Gasteiger partial charge in [0.15, 0.2) is 0 Å². The zero-order valence-electron chi connectivity index (χ0n) is 7.22. The Balaban J connectivity index is 2.28. The van der Waals surface area contributed by atoms with Crippen LogP contribution in [0.4, 0.5) is 0 Å². The van der Waals surface area contributed by atoms with E-state index in [4.69, 9.17) is 0 Å². The molecule has 0 aliphatic carbocycles. The van der Waals surface area contributed by atoms with Crippen molar-refractivity contribution < 1.29 is 0 Å². The molecular formula is C10H16Si. The largest absolute Gasteiger partial charge is 0.0778 e. The highest BCUT2D eigenvalue weighted by Crippen LogP contribution is 1.97. The summed E-state index contributed by atoms with van der Waals surface area (Å²) in [6, 6.07) is 7.94. The summed E-state index contributed by atoms with van der Waals surface area (Å²) in [5.74, 6) is 0. The number of hydrogen-bond acceptors (Lipinski definition) is 0. The average molecular weight is 164 g/mol. The molecule has 60 valence electrons. The van der Waals surface area contributed by atoms with Crippen LogP contribution in [0.15, 0.2) is 29.6 Å². The first-order valence-corrected chi connectivity index (χ1v) is 6.33. The van der Waals surface area contributed by atoms with Crippen molar-refractivity contribution in [2.24, 2.45) is 0 Å². The molecule has 11 heavy (non-hydrogen) atoms. The molecule has 0 aliphatic heterocycles. The average Bonchev–Trinajstić information content (AvgIpc) is 2.07. The van der Waals surface area contributed by atoms with Crippen LogP contribution >= 0.6 is 0 Å². The summed E-state index contributed by atoms with van der Waals surface area (Å²) >= 11 is 0. The Morgan fingerprint density at radius 3 is 2.36 bits per heavy atom. The van der Waals surface area contributed by atoms with Crippen LogP contribution in [0.1, 0.15) is 26.2 Å². The van der Waals surface area contributed by atoms with Crippen molar-refractivity contribution in [1.82, 2.24) is 0 Å². The summed E-state index contributed by atoms with van der Waals surface area (Å²) in [4.78, 5) is 0. The van der Waals surface area contributed by atoms with E-state index in [0.29, 0.717) is 0 Å². The molecule has 1 aromatic heterocycles. The van der Waals surface area contributed by atoms with Crippen molar-refractivity contribution in [3.8, 4) is 0 Å². The molecule has 0 nitrogen and oxygen atoms in total. The Kier molecular flexibility index (Phi) is 4.13. The van der Waals surface area contributed by atoms with Crippen LogP contribution in [0.5, 0.6) is 0 Å². The fourth-order valence-corrected chi connectivity index (χ4v) is 3.04. The van der Waals surface area contributed by atoms with Crippen LogP contribution in [0.3, 0.4) is 0 Å². The number of unbranched alkanes of at least 4 members (excludes halogenated alkanes) is 2. The molecule has 1 aromatic rings. The molecule has 0 saturated carbocycles. The third-order valence-electron chi connectivity index (χ3n) is 1.91. The van der Waals surface area contributed by atoms with Crippen molar-refractivity contribution in [3.05, 3.63) is 29.6 Å². The second-order valence-corrected chi connectivity index (χ2v) is 5.26. The maximum absolute atomic E-state index is 2.39. The lowest BCUT2D eigenvalue weighted by atomic mass is 10.3. The smallest absolute Gasteiger partial charge is 0.0369 e. The number of rotatable bonds is 4. The second kappa shape index (κ2) is 5.25. The van der Waals surface area contributed by atoms with Gasteiger partial charge >= 0.3 is 0 Å². The second-order valence-electron chi connectivity index (χ2n) is 2.94. The lowest BCUT2D eigenvalue weighted by Gasteiger charge is -1.97. The van der Waals surface area contributed by atoms with Gasteiger partial charge in [0.2, 0.25) is 0 Å². The summed E-state index contributed by atoms with van der Waals surface area (Å²) in [5.41, 5.74) is 4.78. The van der Waals surface area contributed by atoms with E-state index in [1.807, 2.05) is 0 Å². The van der Waals surface area contributed by atoms with Gasteiger partial charge in [-0.3, -0.25) is 0 Å². The molecule has 0 saturated heterocycles. The number of aryl methyl sites for hydroxylation is 1. The van der Waals surface area contributed by atoms with E-state index < -0.39 is 0 Å².